The first-order valence-electron chi connectivity index (χ1n) is 9.35. The molecule has 0 aliphatic rings. The van der Waals surface area contributed by atoms with Crippen molar-refractivity contribution in [2.24, 2.45) is 5.92 Å². The molecular weight excluding hydrogens is 417 g/mol. The monoisotopic (exact) mass is 438 g/mol. The summed E-state index contributed by atoms with van der Waals surface area (Å²) in [5.41, 5.74) is -0.783. The molecule has 0 saturated carbocycles. The van der Waals surface area contributed by atoms with Crippen molar-refractivity contribution in [3.63, 3.8) is 0 Å². The summed E-state index contributed by atoms with van der Waals surface area (Å²) in [6.07, 6.45) is -5.53. The average molecular weight is 438 g/mol. The third-order valence-corrected chi connectivity index (χ3v) is 4.17. The van der Waals surface area contributed by atoms with E-state index in [2.05, 4.69) is 0 Å². The molecule has 0 N–H and O–H groups in total. The number of Topliss-reactive ketones (excluding diaryl/α,β-unsaturated/α-hetero) is 2. The van der Waals surface area contributed by atoms with Crippen LogP contribution in [0.25, 0.3) is 0 Å². The van der Waals surface area contributed by atoms with E-state index >= 15 is 0 Å². The third-order valence-electron chi connectivity index (χ3n) is 4.17. The summed E-state index contributed by atoms with van der Waals surface area (Å²) >= 11 is 0. The van der Waals surface area contributed by atoms with Crippen LogP contribution in [0.3, 0.4) is 0 Å². The van der Waals surface area contributed by atoms with Crippen molar-refractivity contribution in [1.29, 1.82) is 0 Å². The van der Waals surface area contributed by atoms with Crippen LogP contribution >= 0.6 is 0 Å². The number of esters is 1. The summed E-state index contributed by atoms with van der Waals surface area (Å²) in [6, 6.07) is 10.2. The fourth-order valence-electron chi connectivity index (χ4n) is 2.64. The third kappa shape index (κ3) is 6.56. The molecule has 0 saturated heterocycles. The normalized spacial score (nSPS) is 13.1. The van der Waals surface area contributed by atoms with Crippen molar-refractivity contribution in [1.82, 2.24) is 0 Å². The molecule has 2 aromatic rings. The maximum absolute atomic E-state index is 12.6. The summed E-state index contributed by atoms with van der Waals surface area (Å²) in [6.45, 7) is 4.13. The van der Waals surface area contributed by atoms with E-state index in [4.69, 9.17) is 14.2 Å². The Labute approximate surface area is 176 Å². The predicted octanol–water partition coefficient (Wildman–Crippen LogP) is 4.60. The van der Waals surface area contributed by atoms with Crippen molar-refractivity contribution < 1.29 is 41.8 Å². The number of halogens is 3. The lowest BCUT2D eigenvalue weighted by Gasteiger charge is -2.18. The van der Waals surface area contributed by atoms with Gasteiger partial charge in [0, 0.05) is 0 Å². The Morgan fingerprint density at radius 1 is 0.903 bits per heavy atom. The van der Waals surface area contributed by atoms with Gasteiger partial charge in [-0.15, -0.1) is 0 Å². The number of ketones is 2. The first-order chi connectivity index (χ1) is 14.5. The van der Waals surface area contributed by atoms with Gasteiger partial charge in [0.05, 0.1) is 12.2 Å². The second-order valence-corrected chi connectivity index (χ2v) is 6.55. The molecule has 0 aromatic heterocycles. The van der Waals surface area contributed by atoms with Crippen LogP contribution in [-0.4, -0.2) is 30.2 Å². The van der Waals surface area contributed by atoms with Crippen molar-refractivity contribution in [3.8, 4) is 17.2 Å². The number of hydrogen-bond acceptors (Lipinski definition) is 6. The Morgan fingerprint density at radius 3 is 1.84 bits per heavy atom. The van der Waals surface area contributed by atoms with Crippen LogP contribution in [0, 0.1) is 5.92 Å². The Balaban J connectivity index is 2.02. The Morgan fingerprint density at radius 2 is 1.39 bits per heavy atom. The minimum Gasteiger partial charge on any atom is -0.483 e. The van der Waals surface area contributed by atoms with E-state index in [0.29, 0.717) is 5.75 Å². The molecule has 2 aromatic carbocycles. The second-order valence-electron chi connectivity index (χ2n) is 6.55. The lowest BCUT2D eigenvalue weighted by atomic mass is 9.96. The largest absolute Gasteiger partial charge is 0.483 e. The maximum atomic E-state index is 12.6. The van der Waals surface area contributed by atoms with Crippen LogP contribution < -0.4 is 9.47 Å². The molecule has 0 amide bonds. The van der Waals surface area contributed by atoms with Gasteiger partial charge in [-0.1, -0.05) is 0 Å². The van der Waals surface area contributed by atoms with E-state index in [-0.39, 0.29) is 18.1 Å². The van der Waals surface area contributed by atoms with Crippen molar-refractivity contribution in [2.75, 3.05) is 6.61 Å². The van der Waals surface area contributed by atoms with Crippen LogP contribution in [0.2, 0.25) is 0 Å². The molecule has 0 bridgehead atoms. The highest BCUT2D eigenvalue weighted by Gasteiger charge is 2.36. The van der Waals surface area contributed by atoms with Gasteiger partial charge in [0.2, 0.25) is 0 Å². The van der Waals surface area contributed by atoms with Gasteiger partial charge in [-0.2, -0.15) is 13.2 Å². The standard InChI is InChI=1S/C22H21F3O6/c1-4-29-21(28)19(13(2)26)20(27)14(3)30-16-9-11-18(12-10-16)31-17-7-5-15(6-8-17)22(23,24)25/h5-12,14,19H,4H2,1-3H3/t14?,19-/m1/s1. The van der Waals surface area contributed by atoms with E-state index < -0.39 is 41.3 Å². The molecule has 2 atom stereocenters. The topological polar surface area (TPSA) is 78.9 Å². The van der Waals surface area contributed by atoms with E-state index in [9.17, 15) is 27.6 Å². The Hall–Kier alpha value is -3.36. The molecule has 166 valence electrons. The molecule has 6 nitrogen and oxygen atoms in total. The lowest BCUT2D eigenvalue weighted by molar-refractivity contribution is -0.156. The van der Waals surface area contributed by atoms with Crippen LogP contribution in [0.5, 0.6) is 17.2 Å². The van der Waals surface area contributed by atoms with Crippen molar-refractivity contribution in [2.45, 2.75) is 33.1 Å². The molecule has 0 heterocycles. The van der Waals surface area contributed by atoms with Gasteiger partial charge in [-0.25, -0.2) is 0 Å². The van der Waals surface area contributed by atoms with E-state index in [0.717, 1.165) is 19.1 Å². The van der Waals surface area contributed by atoms with Gasteiger partial charge < -0.3 is 14.2 Å². The molecule has 2 rings (SSSR count). The van der Waals surface area contributed by atoms with Crippen LogP contribution in [0.15, 0.2) is 48.5 Å². The van der Waals surface area contributed by atoms with Crippen molar-refractivity contribution in [3.05, 3.63) is 54.1 Å². The highest BCUT2D eigenvalue weighted by atomic mass is 19.4. The molecule has 31 heavy (non-hydrogen) atoms. The number of rotatable bonds is 9. The smallest absolute Gasteiger partial charge is 0.416 e. The van der Waals surface area contributed by atoms with Gasteiger partial charge in [0.25, 0.3) is 0 Å². The van der Waals surface area contributed by atoms with E-state index in [1.807, 2.05) is 0 Å². The number of benzene rings is 2. The van der Waals surface area contributed by atoms with E-state index in [1.165, 1.54) is 43.3 Å². The quantitative estimate of drug-likeness (QED) is 0.421. The van der Waals surface area contributed by atoms with Gasteiger partial charge in [0.15, 0.2) is 23.6 Å². The zero-order valence-corrected chi connectivity index (χ0v) is 17.1. The zero-order chi connectivity index (χ0) is 23.2. The zero-order valence-electron chi connectivity index (χ0n) is 17.1. The van der Waals surface area contributed by atoms with Gasteiger partial charge in [-0.3, -0.25) is 14.4 Å². The highest BCUT2D eigenvalue weighted by molar-refractivity contribution is 6.17. The number of hydrogen-bond donors (Lipinski definition) is 0. The minimum atomic E-state index is -4.43. The van der Waals surface area contributed by atoms with Crippen LogP contribution in [0.4, 0.5) is 13.2 Å². The van der Waals surface area contributed by atoms with Crippen molar-refractivity contribution >= 4 is 17.5 Å². The molecule has 9 heteroatoms. The molecule has 0 aliphatic carbocycles. The van der Waals surface area contributed by atoms with Gasteiger partial charge in [-0.05, 0) is 69.3 Å². The molecule has 1 unspecified atom stereocenters. The summed E-state index contributed by atoms with van der Waals surface area (Å²) in [5, 5.41) is 0. The average Bonchev–Trinajstić information content (AvgIpc) is 2.69. The first kappa shape index (κ1) is 23.9. The summed E-state index contributed by atoms with van der Waals surface area (Å²) in [7, 11) is 0. The van der Waals surface area contributed by atoms with E-state index in [1.54, 1.807) is 6.92 Å². The predicted molar refractivity (Wildman–Crippen MR) is 104 cm³/mol. The summed E-state index contributed by atoms with van der Waals surface area (Å²) in [4.78, 5) is 36.0. The molecule has 0 spiro atoms. The molecule has 0 radical (unpaired) electrons. The fraction of sp³-hybridized carbons (Fsp3) is 0.318. The minimum absolute atomic E-state index is 0.0333. The van der Waals surface area contributed by atoms with Crippen LogP contribution in [-0.2, 0) is 25.3 Å². The SMILES string of the molecule is CCOC(=O)[C@H](C(C)=O)C(=O)C(C)Oc1ccc(Oc2ccc(C(F)(F)F)cc2)cc1. The summed E-state index contributed by atoms with van der Waals surface area (Å²) in [5.74, 6) is -3.03. The second kappa shape index (κ2) is 10.1. The molecule has 0 fully saturated rings. The van der Waals surface area contributed by atoms with Gasteiger partial charge >= 0.3 is 12.1 Å². The van der Waals surface area contributed by atoms with Crippen LogP contribution in [0.1, 0.15) is 26.3 Å². The first-order valence-corrected chi connectivity index (χ1v) is 9.35. The molecule has 0 aliphatic heterocycles. The Bertz CT molecular complexity index is 920. The number of ether oxygens (including phenoxy) is 3. The maximum Gasteiger partial charge on any atom is 0.416 e. The fourth-order valence-corrected chi connectivity index (χ4v) is 2.64. The molecular formula is C22H21F3O6. The van der Waals surface area contributed by atoms with Gasteiger partial charge in [0.1, 0.15) is 17.2 Å². The number of alkyl halides is 3. The Kier molecular flexibility index (Phi) is 7.79. The summed E-state index contributed by atoms with van der Waals surface area (Å²) < 4.78 is 53.6. The lowest BCUT2D eigenvalue weighted by Crippen LogP contribution is -2.39. The highest BCUT2D eigenvalue weighted by Crippen LogP contribution is 2.31. The number of carbonyl (C=O) groups excluding carboxylic acids is 3. The number of carbonyl (C=O) groups is 3.